The van der Waals surface area contributed by atoms with Gasteiger partial charge in [-0.15, -0.1) is 0 Å². The Labute approximate surface area is 126 Å². The van der Waals surface area contributed by atoms with E-state index in [1.807, 2.05) is 18.2 Å². The Kier molecular flexibility index (Phi) is 4.09. The van der Waals surface area contributed by atoms with Gasteiger partial charge >= 0.3 is 0 Å². The molecule has 3 rings (SSSR count). The maximum atomic E-state index is 11.0. The zero-order chi connectivity index (χ0) is 14.9. The van der Waals surface area contributed by atoms with Gasteiger partial charge in [-0.05, 0) is 44.0 Å². The topological polar surface area (TPSA) is 50.7 Å². The molecule has 1 aromatic rings. The molecule has 0 aromatic heterocycles. The van der Waals surface area contributed by atoms with E-state index in [0.29, 0.717) is 0 Å². The van der Waals surface area contributed by atoms with Crippen molar-refractivity contribution in [1.82, 2.24) is 5.32 Å². The smallest absolute Gasteiger partial charge is 0.123 e. The minimum Gasteiger partial charge on any atom is -0.497 e. The zero-order valence-electron chi connectivity index (χ0n) is 12.9. The van der Waals surface area contributed by atoms with E-state index in [-0.39, 0.29) is 12.0 Å². The third kappa shape index (κ3) is 2.62. The van der Waals surface area contributed by atoms with Gasteiger partial charge in [0.2, 0.25) is 0 Å². The van der Waals surface area contributed by atoms with E-state index >= 15 is 0 Å². The molecule has 4 heteroatoms. The number of fused-ring (bicyclic) bond motifs is 1. The molecule has 1 heterocycles. The first-order chi connectivity index (χ1) is 10.2. The lowest BCUT2D eigenvalue weighted by atomic mass is 9.66. The van der Waals surface area contributed by atoms with Crippen LogP contribution in [0.4, 0.5) is 0 Å². The van der Waals surface area contributed by atoms with Gasteiger partial charge in [0, 0.05) is 17.5 Å². The fourth-order valence-corrected chi connectivity index (χ4v) is 4.03. The summed E-state index contributed by atoms with van der Waals surface area (Å²) in [6.45, 7) is 0.845. The summed E-state index contributed by atoms with van der Waals surface area (Å²) in [5.41, 5.74) is 0.573. The second-order valence-corrected chi connectivity index (χ2v) is 6.25. The van der Waals surface area contributed by atoms with Gasteiger partial charge in [0.1, 0.15) is 11.5 Å². The minimum atomic E-state index is -0.526. The maximum Gasteiger partial charge on any atom is 0.123 e. The van der Waals surface area contributed by atoms with E-state index in [4.69, 9.17) is 9.47 Å². The van der Waals surface area contributed by atoms with E-state index in [2.05, 4.69) is 5.32 Å². The van der Waals surface area contributed by atoms with Crippen LogP contribution in [0.3, 0.4) is 0 Å². The predicted octanol–water partition coefficient (Wildman–Crippen LogP) is 2.66. The summed E-state index contributed by atoms with van der Waals surface area (Å²) in [6.07, 6.45) is 5.16. The number of nitrogens with one attached hydrogen (secondary N) is 1. The molecule has 0 radical (unpaired) electrons. The lowest BCUT2D eigenvalue weighted by Gasteiger charge is -2.48. The van der Waals surface area contributed by atoms with Crippen LogP contribution in [0.25, 0.3) is 0 Å². The summed E-state index contributed by atoms with van der Waals surface area (Å²) in [5.74, 6) is 1.95. The summed E-state index contributed by atoms with van der Waals surface area (Å²) >= 11 is 0. The van der Waals surface area contributed by atoms with E-state index in [9.17, 15) is 5.11 Å². The number of rotatable bonds is 3. The average molecular weight is 291 g/mol. The Bertz CT molecular complexity index is 501. The molecule has 0 bridgehead atoms. The van der Waals surface area contributed by atoms with Crippen molar-refractivity contribution >= 4 is 0 Å². The highest BCUT2D eigenvalue weighted by Gasteiger charge is 2.46. The van der Waals surface area contributed by atoms with Gasteiger partial charge in [-0.1, -0.05) is 12.8 Å². The number of methoxy groups -OCH3 is 2. The van der Waals surface area contributed by atoms with Gasteiger partial charge in [-0.25, -0.2) is 0 Å². The molecule has 1 saturated carbocycles. The number of ether oxygens (including phenoxy) is 2. The van der Waals surface area contributed by atoms with Crippen LogP contribution >= 0.6 is 0 Å². The molecule has 2 fully saturated rings. The van der Waals surface area contributed by atoms with Crippen molar-refractivity contribution in [3.05, 3.63) is 23.8 Å². The Balaban J connectivity index is 1.98. The monoisotopic (exact) mass is 291 g/mol. The van der Waals surface area contributed by atoms with Crippen LogP contribution in [0.5, 0.6) is 11.5 Å². The first-order valence-electron chi connectivity index (χ1n) is 7.85. The highest BCUT2D eigenvalue weighted by atomic mass is 16.5. The zero-order valence-corrected chi connectivity index (χ0v) is 12.9. The second kappa shape index (κ2) is 5.85. The average Bonchev–Trinajstić information content (AvgIpc) is 2.53. The van der Waals surface area contributed by atoms with E-state index in [0.717, 1.165) is 49.3 Å². The van der Waals surface area contributed by atoms with Crippen molar-refractivity contribution < 1.29 is 14.6 Å². The van der Waals surface area contributed by atoms with Gasteiger partial charge < -0.3 is 19.9 Å². The minimum absolute atomic E-state index is 0.133. The molecule has 2 aliphatic rings. The van der Waals surface area contributed by atoms with Crippen LogP contribution in [-0.2, 0) is 0 Å². The Morgan fingerprint density at radius 3 is 2.81 bits per heavy atom. The molecular weight excluding hydrogens is 266 g/mol. The summed E-state index contributed by atoms with van der Waals surface area (Å²) in [7, 11) is 3.37. The predicted molar refractivity (Wildman–Crippen MR) is 81.8 cm³/mol. The van der Waals surface area contributed by atoms with Gasteiger partial charge in [0.05, 0.1) is 19.8 Å². The SMILES string of the molecule is COc1ccc(OC)c([C@@H]2NCC[C@]3(O)CCCC[C@H]23)c1. The Hall–Kier alpha value is -1.26. The molecule has 1 aromatic carbocycles. The number of aliphatic hydroxyl groups is 1. The molecule has 1 aliphatic heterocycles. The lowest BCUT2D eigenvalue weighted by Crippen LogP contribution is -2.53. The number of hydrogen-bond donors (Lipinski definition) is 2. The van der Waals surface area contributed by atoms with Crippen LogP contribution in [-0.4, -0.2) is 31.5 Å². The number of piperidine rings is 1. The first-order valence-corrected chi connectivity index (χ1v) is 7.85. The Morgan fingerprint density at radius 1 is 1.19 bits per heavy atom. The van der Waals surface area contributed by atoms with Gasteiger partial charge in [0.25, 0.3) is 0 Å². The standard InChI is InChI=1S/C17H25NO3/c1-20-12-6-7-15(21-2)13(11-12)16-14-5-3-4-8-17(14,19)9-10-18-16/h6-7,11,14,16,18-19H,3-5,8-10H2,1-2H3/t14-,16+,17-/m1/s1. The maximum absolute atomic E-state index is 11.0. The van der Waals surface area contributed by atoms with Crippen molar-refractivity contribution in [3.8, 4) is 11.5 Å². The molecule has 0 spiro atoms. The first kappa shape index (κ1) is 14.7. The molecule has 0 unspecified atom stereocenters. The molecule has 21 heavy (non-hydrogen) atoms. The largest absolute Gasteiger partial charge is 0.497 e. The van der Waals surface area contributed by atoms with Gasteiger partial charge in [0.15, 0.2) is 0 Å². The summed E-state index contributed by atoms with van der Waals surface area (Å²) in [6, 6.07) is 6.04. The third-order valence-electron chi connectivity index (χ3n) is 5.16. The molecule has 4 nitrogen and oxygen atoms in total. The lowest BCUT2D eigenvalue weighted by molar-refractivity contribution is -0.0863. The molecule has 2 N–H and O–H groups in total. The highest BCUT2D eigenvalue weighted by molar-refractivity contribution is 5.43. The normalized spacial score (nSPS) is 32.3. The Morgan fingerprint density at radius 2 is 2.05 bits per heavy atom. The van der Waals surface area contributed by atoms with Crippen LogP contribution in [0, 0.1) is 5.92 Å². The van der Waals surface area contributed by atoms with E-state index < -0.39 is 5.60 Å². The van der Waals surface area contributed by atoms with Crippen molar-refractivity contribution in [2.45, 2.75) is 43.7 Å². The third-order valence-corrected chi connectivity index (χ3v) is 5.16. The molecule has 0 amide bonds. The molecule has 116 valence electrons. The van der Waals surface area contributed by atoms with Crippen molar-refractivity contribution in [2.24, 2.45) is 5.92 Å². The summed E-state index contributed by atoms with van der Waals surface area (Å²) in [4.78, 5) is 0. The molecule has 1 aliphatic carbocycles. The van der Waals surface area contributed by atoms with Crippen LogP contribution in [0.15, 0.2) is 18.2 Å². The number of benzene rings is 1. The summed E-state index contributed by atoms with van der Waals surface area (Å²) < 4.78 is 10.9. The number of hydrogen-bond acceptors (Lipinski definition) is 4. The van der Waals surface area contributed by atoms with Crippen LogP contribution in [0.1, 0.15) is 43.7 Å². The van der Waals surface area contributed by atoms with Crippen molar-refractivity contribution in [1.29, 1.82) is 0 Å². The van der Waals surface area contributed by atoms with Crippen LogP contribution in [0.2, 0.25) is 0 Å². The quantitative estimate of drug-likeness (QED) is 0.899. The van der Waals surface area contributed by atoms with E-state index in [1.54, 1.807) is 14.2 Å². The fraction of sp³-hybridized carbons (Fsp3) is 0.647. The highest BCUT2D eigenvalue weighted by Crippen LogP contribution is 2.47. The fourth-order valence-electron chi connectivity index (χ4n) is 4.03. The van der Waals surface area contributed by atoms with Gasteiger partial charge in [-0.3, -0.25) is 0 Å². The molecule has 3 atom stereocenters. The van der Waals surface area contributed by atoms with Crippen molar-refractivity contribution in [3.63, 3.8) is 0 Å². The van der Waals surface area contributed by atoms with E-state index in [1.165, 1.54) is 6.42 Å². The molecular formula is C17H25NO3. The van der Waals surface area contributed by atoms with Crippen LogP contribution < -0.4 is 14.8 Å². The molecule has 1 saturated heterocycles. The van der Waals surface area contributed by atoms with Gasteiger partial charge in [-0.2, -0.15) is 0 Å². The van der Waals surface area contributed by atoms with Crippen molar-refractivity contribution in [2.75, 3.05) is 20.8 Å². The second-order valence-electron chi connectivity index (χ2n) is 6.25. The summed E-state index contributed by atoms with van der Waals surface area (Å²) in [5, 5.41) is 14.6.